The topological polar surface area (TPSA) is 105 Å². The van der Waals surface area contributed by atoms with Crippen molar-refractivity contribution in [1.82, 2.24) is 0 Å². The average Bonchev–Trinajstić information content (AvgIpc) is 2.15. The predicted molar refractivity (Wildman–Crippen MR) is 59.2 cm³/mol. The van der Waals surface area contributed by atoms with E-state index in [-0.39, 0.29) is 12.6 Å². The van der Waals surface area contributed by atoms with Crippen molar-refractivity contribution < 1.29 is 27.7 Å². The van der Waals surface area contributed by atoms with Crippen molar-refractivity contribution in [1.29, 1.82) is 0 Å². The van der Waals surface area contributed by atoms with Crippen LogP contribution in [0.3, 0.4) is 0 Å². The van der Waals surface area contributed by atoms with Gasteiger partial charge in [0.1, 0.15) is 6.17 Å². The van der Waals surface area contributed by atoms with Gasteiger partial charge in [-0.3, -0.25) is 14.4 Å². The van der Waals surface area contributed by atoms with Crippen molar-refractivity contribution in [2.75, 3.05) is 6.17 Å². The Morgan fingerprint density at radius 2 is 1.65 bits per heavy atom. The molecular formula is C9H15NO6Si. The molecule has 8 heteroatoms. The van der Waals surface area contributed by atoms with Gasteiger partial charge in [-0.05, 0) is 0 Å². The van der Waals surface area contributed by atoms with Crippen LogP contribution in [0.1, 0.15) is 20.3 Å². The normalized spacial score (nSPS) is 10.3. The van der Waals surface area contributed by atoms with Crippen LogP contribution in [0.2, 0.25) is 0 Å². The van der Waals surface area contributed by atoms with E-state index >= 15 is 0 Å². The zero-order chi connectivity index (χ0) is 13.5. The van der Waals surface area contributed by atoms with Gasteiger partial charge in [0.15, 0.2) is 0 Å². The van der Waals surface area contributed by atoms with E-state index in [4.69, 9.17) is 19.0 Å². The summed E-state index contributed by atoms with van der Waals surface area (Å²) in [5, 5.41) is 0. The number of nitrogens with two attached hydrogens (primary N) is 1. The van der Waals surface area contributed by atoms with E-state index in [1.807, 2.05) is 0 Å². The van der Waals surface area contributed by atoms with Gasteiger partial charge in [0, 0.05) is 13.8 Å². The van der Waals surface area contributed by atoms with Gasteiger partial charge in [-0.15, -0.1) is 6.58 Å². The maximum atomic E-state index is 11.3. The van der Waals surface area contributed by atoms with Crippen molar-refractivity contribution in [2.24, 2.45) is 5.73 Å². The molecule has 2 N–H and O–H groups in total. The minimum absolute atomic E-state index is 0.0999. The zero-order valence-corrected chi connectivity index (χ0v) is 10.7. The molecule has 0 aromatic carbocycles. The smallest absolute Gasteiger partial charge is 0.455 e. The van der Waals surface area contributed by atoms with E-state index in [9.17, 15) is 14.4 Å². The second-order valence-corrected chi connectivity index (χ2v) is 5.43. The molecule has 0 rings (SSSR count). The fourth-order valence-corrected chi connectivity index (χ4v) is 2.64. The van der Waals surface area contributed by atoms with Crippen molar-refractivity contribution in [2.45, 2.75) is 20.3 Å². The van der Waals surface area contributed by atoms with E-state index < -0.39 is 26.7 Å². The van der Waals surface area contributed by atoms with Gasteiger partial charge >= 0.3 is 14.8 Å². The lowest BCUT2D eigenvalue weighted by atomic mass is 10.4. The minimum Gasteiger partial charge on any atom is -0.455 e. The van der Waals surface area contributed by atoms with Gasteiger partial charge in [-0.2, -0.15) is 0 Å². The van der Waals surface area contributed by atoms with Gasteiger partial charge in [0.2, 0.25) is 0 Å². The molecule has 0 unspecified atom stereocenters. The molecule has 0 radical (unpaired) electrons. The second kappa shape index (κ2) is 6.81. The fourth-order valence-electron chi connectivity index (χ4n) is 0.958. The maximum absolute atomic E-state index is 11.3. The maximum Gasteiger partial charge on any atom is 0.719 e. The van der Waals surface area contributed by atoms with Crippen LogP contribution in [0.15, 0.2) is 12.7 Å². The molecule has 0 bridgehead atoms. The third-order valence-corrected chi connectivity index (χ3v) is 3.66. The lowest BCUT2D eigenvalue weighted by Gasteiger charge is -2.25. The molecule has 7 nitrogen and oxygen atoms in total. The molecule has 0 saturated carbocycles. The Labute approximate surface area is 99.9 Å². The first-order valence-corrected chi connectivity index (χ1v) is 6.70. The minimum atomic E-state index is -3.81. The molecule has 96 valence electrons. The summed E-state index contributed by atoms with van der Waals surface area (Å²) < 4.78 is 14.4. The molecule has 0 spiro atoms. The summed E-state index contributed by atoms with van der Waals surface area (Å²) in [5.41, 5.74) is 5.35. The first kappa shape index (κ1) is 15.3. The van der Waals surface area contributed by atoms with Crippen molar-refractivity contribution in [3.63, 3.8) is 0 Å². The Bertz CT molecular complexity index is 313. The summed E-state index contributed by atoms with van der Waals surface area (Å²) in [7, 11) is -3.81. The summed E-state index contributed by atoms with van der Waals surface area (Å²) in [4.78, 5) is 33.1. The first-order chi connectivity index (χ1) is 7.85. The molecule has 0 aliphatic rings. The largest absolute Gasteiger partial charge is 0.719 e. The van der Waals surface area contributed by atoms with Crippen LogP contribution in [-0.2, 0) is 27.7 Å². The molecule has 0 aliphatic heterocycles. The summed E-state index contributed by atoms with van der Waals surface area (Å²) in [6.07, 6.45) is 0.839. The monoisotopic (exact) mass is 261 g/mol. The molecule has 0 amide bonds. The zero-order valence-electron chi connectivity index (χ0n) is 9.73. The van der Waals surface area contributed by atoms with E-state index in [0.29, 0.717) is 0 Å². The van der Waals surface area contributed by atoms with Gasteiger partial charge in [0.05, 0.1) is 6.42 Å². The van der Waals surface area contributed by atoms with Crippen molar-refractivity contribution >= 4 is 26.7 Å². The van der Waals surface area contributed by atoms with Crippen LogP contribution >= 0.6 is 0 Å². The quantitative estimate of drug-likeness (QED) is 0.515. The molecule has 17 heavy (non-hydrogen) atoms. The Balaban J connectivity index is 4.89. The Morgan fingerprint density at radius 1 is 1.18 bits per heavy atom. The first-order valence-electron chi connectivity index (χ1n) is 4.77. The molecule has 0 aliphatic carbocycles. The number of carbonyl (C=O) groups excluding carboxylic acids is 3. The van der Waals surface area contributed by atoms with E-state index in [1.54, 1.807) is 0 Å². The summed E-state index contributed by atoms with van der Waals surface area (Å²) in [6.45, 7) is 5.55. The highest BCUT2D eigenvalue weighted by Crippen LogP contribution is 2.10. The number of hydrogen-bond donors (Lipinski definition) is 1. The number of rotatable bonds is 6. The molecule has 0 aromatic rings. The van der Waals surface area contributed by atoms with E-state index in [2.05, 4.69) is 6.58 Å². The highest BCUT2D eigenvalue weighted by atomic mass is 28.4. The third-order valence-electron chi connectivity index (χ3n) is 1.43. The Morgan fingerprint density at radius 3 is 1.94 bits per heavy atom. The number of carbonyl (C=O) groups is 3. The lowest BCUT2D eigenvalue weighted by Crippen LogP contribution is -2.55. The molecule has 0 atom stereocenters. The molecule has 0 fully saturated rings. The predicted octanol–water partition coefficient (Wildman–Crippen LogP) is -0.331. The highest BCUT2D eigenvalue weighted by Gasteiger charge is 2.51. The van der Waals surface area contributed by atoms with Crippen molar-refractivity contribution in [3.8, 4) is 0 Å². The fraction of sp³-hybridized carbons (Fsp3) is 0.444. The summed E-state index contributed by atoms with van der Waals surface area (Å²) in [6, 6.07) is 0. The van der Waals surface area contributed by atoms with Crippen LogP contribution < -0.4 is 5.73 Å². The van der Waals surface area contributed by atoms with Crippen molar-refractivity contribution in [3.05, 3.63) is 12.7 Å². The van der Waals surface area contributed by atoms with E-state index in [1.165, 1.54) is 6.08 Å². The Kier molecular flexibility index (Phi) is 6.14. The molecule has 0 saturated heterocycles. The van der Waals surface area contributed by atoms with Crippen LogP contribution in [-0.4, -0.2) is 32.9 Å². The van der Waals surface area contributed by atoms with Gasteiger partial charge < -0.3 is 19.0 Å². The average molecular weight is 261 g/mol. The summed E-state index contributed by atoms with van der Waals surface area (Å²) >= 11 is 0. The number of hydrogen-bond acceptors (Lipinski definition) is 7. The SMILES string of the molecule is C=CCC(=O)O[Si](CN)(OC(C)=O)OC(C)=O. The summed E-state index contributed by atoms with van der Waals surface area (Å²) in [5.74, 6) is -2.20. The lowest BCUT2D eigenvalue weighted by molar-refractivity contribution is -0.148. The molecule has 0 aromatic heterocycles. The van der Waals surface area contributed by atoms with Gasteiger partial charge in [0.25, 0.3) is 11.9 Å². The van der Waals surface area contributed by atoms with E-state index in [0.717, 1.165) is 13.8 Å². The van der Waals surface area contributed by atoms with Gasteiger partial charge in [-0.1, -0.05) is 6.08 Å². The highest BCUT2D eigenvalue weighted by molar-refractivity contribution is 6.65. The Hall–Kier alpha value is -1.67. The van der Waals surface area contributed by atoms with Crippen LogP contribution in [0.4, 0.5) is 0 Å². The third kappa shape index (κ3) is 5.83. The molecule has 0 heterocycles. The van der Waals surface area contributed by atoms with Crippen LogP contribution in [0.25, 0.3) is 0 Å². The van der Waals surface area contributed by atoms with Crippen LogP contribution in [0, 0.1) is 0 Å². The second-order valence-electron chi connectivity index (χ2n) is 3.04. The molecular weight excluding hydrogens is 246 g/mol. The van der Waals surface area contributed by atoms with Crippen LogP contribution in [0.5, 0.6) is 0 Å². The van der Waals surface area contributed by atoms with Gasteiger partial charge in [-0.25, -0.2) is 0 Å². The standard InChI is InChI=1S/C9H15NO6Si/c1-4-5-9(13)16-17(6-10,14-7(2)11)15-8(3)12/h4H,1,5-6,10H2,2-3H3.